The molecule has 1 aliphatic rings. The zero-order valence-electron chi connectivity index (χ0n) is 16.1. The minimum Gasteiger partial charge on any atom is -0.481 e. The highest BCUT2D eigenvalue weighted by Gasteiger charge is 2.27. The molecule has 0 unspecified atom stereocenters. The Kier molecular flexibility index (Phi) is 21.0. The first-order chi connectivity index (χ1) is 12.0. The molecule has 0 spiro atoms. The number of ether oxygens (including phenoxy) is 4. The average Bonchev–Trinajstić information content (AvgIpc) is 2.46. The van der Waals surface area contributed by atoms with Gasteiger partial charge in [0.05, 0.1) is 13.2 Å². The Hall–Kier alpha value is -2.20. The van der Waals surface area contributed by atoms with Crippen molar-refractivity contribution in [2.75, 3.05) is 20.3 Å². The van der Waals surface area contributed by atoms with Gasteiger partial charge in [-0.3, -0.25) is 19.2 Å². The lowest BCUT2D eigenvalue weighted by Crippen LogP contribution is -2.38. The molecular weight excluding hydrogens is 352 g/mol. The summed E-state index contributed by atoms with van der Waals surface area (Å²) in [4.78, 5) is 38.5. The van der Waals surface area contributed by atoms with E-state index in [1.807, 2.05) is 0 Å². The van der Waals surface area contributed by atoms with E-state index in [1.54, 1.807) is 14.0 Å². The maximum Gasteiger partial charge on any atom is 0.303 e. The van der Waals surface area contributed by atoms with Crippen molar-refractivity contribution in [1.82, 2.24) is 0 Å². The number of carbonyl (C=O) groups excluding carboxylic acids is 2. The third-order valence-corrected chi connectivity index (χ3v) is 2.12. The molecule has 0 aromatic carbocycles. The van der Waals surface area contributed by atoms with Crippen LogP contribution < -0.4 is 0 Å². The summed E-state index contributed by atoms with van der Waals surface area (Å²) < 4.78 is 19.7. The van der Waals surface area contributed by atoms with Crippen LogP contribution in [0, 0.1) is 0 Å². The van der Waals surface area contributed by atoms with Crippen LogP contribution in [0.2, 0.25) is 0 Å². The predicted molar refractivity (Wildman–Crippen MR) is 90.5 cm³/mol. The normalized spacial score (nSPS) is 17.5. The summed E-state index contributed by atoms with van der Waals surface area (Å²) in [6, 6.07) is 0. The lowest BCUT2D eigenvalue weighted by Gasteiger charge is -2.29. The van der Waals surface area contributed by atoms with Crippen LogP contribution >= 0.6 is 0 Å². The van der Waals surface area contributed by atoms with Gasteiger partial charge in [0.1, 0.15) is 0 Å². The SMILES string of the molecule is CC(=O)O.CC(=O)O.CCOC(C)=O.CO[C@H]1OCCC[C@H]1OC(C)=O. The molecule has 1 aliphatic heterocycles. The number of carboxylic acid groups (broad SMARTS) is 2. The van der Waals surface area contributed by atoms with E-state index < -0.39 is 11.9 Å². The highest BCUT2D eigenvalue weighted by atomic mass is 16.7. The van der Waals surface area contributed by atoms with Crippen molar-refractivity contribution in [2.45, 2.75) is 59.9 Å². The molecule has 10 nitrogen and oxygen atoms in total. The highest BCUT2D eigenvalue weighted by Crippen LogP contribution is 2.17. The van der Waals surface area contributed by atoms with Gasteiger partial charge in [0.15, 0.2) is 12.4 Å². The highest BCUT2D eigenvalue weighted by molar-refractivity contribution is 5.66. The number of hydrogen-bond donors (Lipinski definition) is 2. The minimum absolute atomic E-state index is 0.211. The molecule has 0 saturated carbocycles. The Balaban J connectivity index is -0.000000317. The molecule has 0 aliphatic carbocycles. The molecule has 154 valence electrons. The van der Waals surface area contributed by atoms with Crippen molar-refractivity contribution < 1.29 is 48.3 Å². The monoisotopic (exact) mass is 382 g/mol. The quantitative estimate of drug-likeness (QED) is 0.688. The second kappa shape index (κ2) is 19.1. The van der Waals surface area contributed by atoms with E-state index in [2.05, 4.69) is 4.74 Å². The fourth-order valence-corrected chi connectivity index (χ4v) is 1.48. The molecule has 0 radical (unpaired) electrons. The molecule has 1 saturated heterocycles. The summed E-state index contributed by atoms with van der Waals surface area (Å²) in [5.74, 6) is -2.16. The van der Waals surface area contributed by atoms with Crippen molar-refractivity contribution in [1.29, 1.82) is 0 Å². The summed E-state index contributed by atoms with van der Waals surface area (Å²) >= 11 is 0. The summed E-state index contributed by atoms with van der Waals surface area (Å²) in [5.41, 5.74) is 0. The molecule has 10 heteroatoms. The summed E-state index contributed by atoms with van der Waals surface area (Å²) in [6.45, 7) is 7.89. The number of esters is 2. The fraction of sp³-hybridized carbons (Fsp3) is 0.750. The number of hydrogen-bond acceptors (Lipinski definition) is 8. The van der Waals surface area contributed by atoms with E-state index in [1.165, 1.54) is 13.8 Å². The van der Waals surface area contributed by atoms with Crippen molar-refractivity contribution in [3.63, 3.8) is 0 Å². The number of carbonyl (C=O) groups is 4. The topological polar surface area (TPSA) is 146 Å². The molecular formula is C16H30O10. The van der Waals surface area contributed by atoms with Gasteiger partial charge < -0.3 is 29.2 Å². The Morgan fingerprint density at radius 3 is 1.73 bits per heavy atom. The van der Waals surface area contributed by atoms with E-state index in [4.69, 9.17) is 34.0 Å². The summed E-state index contributed by atoms with van der Waals surface area (Å²) in [7, 11) is 1.55. The van der Waals surface area contributed by atoms with Crippen LogP contribution in [0.4, 0.5) is 0 Å². The van der Waals surface area contributed by atoms with E-state index in [0.29, 0.717) is 13.2 Å². The molecule has 0 bridgehead atoms. The van der Waals surface area contributed by atoms with Gasteiger partial charge in [-0.1, -0.05) is 0 Å². The van der Waals surface area contributed by atoms with Crippen LogP contribution in [-0.2, 0) is 38.1 Å². The fourth-order valence-electron chi connectivity index (χ4n) is 1.48. The minimum atomic E-state index is -0.833. The van der Waals surface area contributed by atoms with Gasteiger partial charge in [-0.2, -0.15) is 0 Å². The molecule has 0 amide bonds. The predicted octanol–water partition coefficient (Wildman–Crippen LogP) is 1.45. The van der Waals surface area contributed by atoms with Crippen LogP contribution in [0.5, 0.6) is 0 Å². The standard InChI is InChI=1S/C8H14O4.C4H8O2.2C2H4O2/c1-6(9)12-7-4-3-5-11-8(7)10-2;1-3-6-4(2)5;2*1-2(3)4/h7-8H,3-5H2,1-2H3;3H2,1-2H3;2*1H3,(H,3,4)/t7-,8+;;;/m1.../s1. The zero-order valence-corrected chi connectivity index (χ0v) is 16.1. The number of methoxy groups -OCH3 is 1. The second-order valence-electron chi connectivity index (χ2n) is 4.73. The Labute approximate surface area is 153 Å². The van der Waals surface area contributed by atoms with Crippen molar-refractivity contribution in [2.24, 2.45) is 0 Å². The molecule has 2 atom stereocenters. The van der Waals surface area contributed by atoms with Gasteiger partial charge in [-0.15, -0.1) is 0 Å². The van der Waals surface area contributed by atoms with E-state index in [-0.39, 0.29) is 24.3 Å². The van der Waals surface area contributed by atoms with E-state index >= 15 is 0 Å². The van der Waals surface area contributed by atoms with Gasteiger partial charge in [-0.05, 0) is 19.8 Å². The number of aliphatic carboxylic acids is 2. The van der Waals surface area contributed by atoms with Crippen LogP contribution in [0.15, 0.2) is 0 Å². The maximum absolute atomic E-state index is 10.6. The Morgan fingerprint density at radius 2 is 1.46 bits per heavy atom. The first kappa shape index (κ1) is 28.6. The Bertz CT molecular complexity index is 388. The van der Waals surface area contributed by atoms with Crippen LogP contribution in [0.1, 0.15) is 47.5 Å². The smallest absolute Gasteiger partial charge is 0.303 e. The first-order valence-electron chi connectivity index (χ1n) is 7.81. The van der Waals surface area contributed by atoms with Gasteiger partial charge in [0.2, 0.25) is 0 Å². The molecule has 2 N–H and O–H groups in total. The Morgan fingerprint density at radius 1 is 1.00 bits per heavy atom. The molecule has 1 heterocycles. The zero-order chi connectivity index (χ0) is 21.1. The van der Waals surface area contributed by atoms with Crippen molar-refractivity contribution >= 4 is 23.9 Å². The third kappa shape index (κ3) is 29.8. The third-order valence-electron chi connectivity index (χ3n) is 2.12. The molecule has 1 fully saturated rings. The molecule has 26 heavy (non-hydrogen) atoms. The maximum atomic E-state index is 10.6. The number of rotatable bonds is 3. The van der Waals surface area contributed by atoms with Crippen molar-refractivity contribution in [3.8, 4) is 0 Å². The first-order valence-corrected chi connectivity index (χ1v) is 7.81. The lowest BCUT2D eigenvalue weighted by molar-refractivity contribution is -0.216. The van der Waals surface area contributed by atoms with Gasteiger partial charge in [-0.25, -0.2) is 0 Å². The summed E-state index contributed by atoms with van der Waals surface area (Å²) in [5, 5.41) is 14.8. The molecule has 0 aromatic heterocycles. The van der Waals surface area contributed by atoms with Crippen LogP contribution in [-0.4, -0.2) is 66.8 Å². The average molecular weight is 382 g/mol. The molecule has 0 aromatic rings. The van der Waals surface area contributed by atoms with Gasteiger partial charge >= 0.3 is 11.9 Å². The largest absolute Gasteiger partial charge is 0.481 e. The van der Waals surface area contributed by atoms with Gasteiger partial charge in [0, 0.05) is 34.8 Å². The van der Waals surface area contributed by atoms with Crippen LogP contribution in [0.3, 0.4) is 0 Å². The van der Waals surface area contributed by atoms with E-state index in [0.717, 1.165) is 26.7 Å². The number of carboxylic acids is 2. The van der Waals surface area contributed by atoms with Crippen molar-refractivity contribution in [3.05, 3.63) is 0 Å². The second-order valence-corrected chi connectivity index (χ2v) is 4.73. The van der Waals surface area contributed by atoms with Gasteiger partial charge in [0.25, 0.3) is 11.9 Å². The lowest BCUT2D eigenvalue weighted by atomic mass is 10.1. The summed E-state index contributed by atoms with van der Waals surface area (Å²) in [6.07, 6.45) is 1.11. The van der Waals surface area contributed by atoms with E-state index in [9.17, 15) is 9.59 Å². The molecule has 1 rings (SSSR count). The van der Waals surface area contributed by atoms with Crippen LogP contribution in [0.25, 0.3) is 0 Å².